The van der Waals surface area contributed by atoms with Gasteiger partial charge in [0.05, 0.1) is 11.6 Å². The first-order valence-electron chi connectivity index (χ1n) is 10.0. The Bertz CT molecular complexity index is 1260. The van der Waals surface area contributed by atoms with E-state index in [1.165, 1.54) is 0 Å². The van der Waals surface area contributed by atoms with Gasteiger partial charge in [-0.15, -0.1) is 0 Å². The number of halogens is 3. The van der Waals surface area contributed by atoms with Gasteiger partial charge in [-0.25, -0.2) is 9.79 Å². The maximum absolute atomic E-state index is 12.4. The van der Waals surface area contributed by atoms with Crippen molar-refractivity contribution in [2.75, 3.05) is 6.61 Å². The zero-order valence-electron chi connectivity index (χ0n) is 17.5. The Morgan fingerprint density at radius 2 is 1.91 bits per heavy atom. The van der Waals surface area contributed by atoms with Crippen LogP contribution in [0.25, 0.3) is 6.08 Å². The lowest BCUT2D eigenvalue weighted by molar-refractivity contribution is -0.129. The Morgan fingerprint density at radius 3 is 2.64 bits per heavy atom. The van der Waals surface area contributed by atoms with E-state index in [1.807, 2.05) is 55.5 Å². The number of esters is 1. The third-order valence-electron chi connectivity index (χ3n) is 4.62. The summed E-state index contributed by atoms with van der Waals surface area (Å²) in [6, 6.07) is 18.9. The van der Waals surface area contributed by atoms with Crippen LogP contribution in [0.1, 0.15) is 23.6 Å². The number of hydrogen-bond donors (Lipinski definition) is 0. The molecule has 168 valence electrons. The number of carbonyl (C=O) groups is 1. The SMILES string of the molecule is CCOc1cc(/C=C2\N=C(c3ccc(Br)cc3)OC2=O)cc(Cl)c1OCc1cccc(I)c1. The summed E-state index contributed by atoms with van der Waals surface area (Å²) in [6.45, 7) is 2.67. The van der Waals surface area contributed by atoms with Crippen molar-refractivity contribution in [3.05, 3.63) is 96.1 Å². The van der Waals surface area contributed by atoms with Crippen LogP contribution in [0.3, 0.4) is 0 Å². The summed E-state index contributed by atoms with van der Waals surface area (Å²) in [5.74, 6) is 0.673. The van der Waals surface area contributed by atoms with E-state index in [1.54, 1.807) is 18.2 Å². The minimum atomic E-state index is -0.527. The Morgan fingerprint density at radius 1 is 1.12 bits per heavy atom. The maximum atomic E-state index is 12.4. The molecule has 4 rings (SSSR count). The lowest BCUT2D eigenvalue weighted by Crippen LogP contribution is -2.05. The van der Waals surface area contributed by atoms with Gasteiger partial charge in [-0.2, -0.15) is 0 Å². The van der Waals surface area contributed by atoms with Gasteiger partial charge in [-0.05, 0) is 95.2 Å². The Balaban J connectivity index is 1.61. The molecule has 0 aliphatic carbocycles. The standard InChI is InChI=1S/C25H18BrClINO4/c1-2-31-22-13-16(11-20(27)23(22)32-14-15-4-3-5-19(28)10-15)12-21-25(30)33-24(29-21)17-6-8-18(26)9-7-17/h3-13H,2,14H2,1H3/b21-12-. The highest BCUT2D eigenvalue weighted by Gasteiger charge is 2.24. The largest absolute Gasteiger partial charge is 0.490 e. The number of carbonyl (C=O) groups excluding carboxylic acids is 1. The molecule has 0 saturated heterocycles. The highest BCUT2D eigenvalue weighted by atomic mass is 127. The van der Waals surface area contributed by atoms with Crippen LogP contribution >= 0.6 is 50.1 Å². The highest BCUT2D eigenvalue weighted by molar-refractivity contribution is 14.1. The van der Waals surface area contributed by atoms with Crippen LogP contribution in [-0.2, 0) is 16.1 Å². The lowest BCUT2D eigenvalue weighted by atomic mass is 10.1. The molecule has 0 aromatic heterocycles. The summed E-state index contributed by atoms with van der Waals surface area (Å²) in [5.41, 5.74) is 2.56. The van der Waals surface area contributed by atoms with Crippen LogP contribution in [0.5, 0.6) is 11.5 Å². The van der Waals surface area contributed by atoms with Crippen LogP contribution in [0, 0.1) is 3.57 Å². The summed E-state index contributed by atoms with van der Waals surface area (Å²) in [6.07, 6.45) is 1.62. The zero-order valence-corrected chi connectivity index (χ0v) is 22.0. The molecule has 0 unspecified atom stereocenters. The van der Waals surface area contributed by atoms with E-state index in [9.17, 15) is 4.79 Å². The molecule has 0 radical (unpaired) electrons. The number of nitrogens with zero attached hydrogens (tertiary/aromatic N) is 1. The summed E-state index contributed by atoms with van der Waals surface area (Å²) in [5, 5.41) is 0.377. The number of benzene rings is 3. The van der Waals surface area contributed by atoms with Crippen LogP contribution in [0.4, 0.5) is 0 Å². The molecule has 3 aromatic rings. The number of hydrogen-bond acceptors (Lipinski definition) is 5. The van der Waals surface area contributed by atoms with Crippen LogP contribution in [0.15, 0.2) is 75.8 Å². The fraction of sp³-hybridized carbons (Fsp3) is 0.120. The Labute approximate surface area is 218 Å². The van der Waals surface area contributed by atoms with E-state index >= 15 is 0 Å². The van der Waals surface area contributed by atoms with E-state index in [2.05, 4.69) is 43.5 Å². The van der Waals surface area contributed by atoms with Crippen molar-refractivity contribution in [2.24, 2.45) is 4.99 Å². The molecule has 0 spiro atoms. The molecule has 0 fully saturated rings. The van der Waals surface area contributed by atoms with Crippen LogP contribution in [-0.4, -0.2) is 18.5 Å². The summed E-state index contributed by atoms with van der Waals surface area (Å²) in [7, 11) is 0. The Kier molecular flexibility index (Phi) is 7.72. The molecule has 0 N–H and O–H groups in total. The second-order valence-corrected chi connectivity index (χ2v) is 9.59. The molecular formula is C25H18BrClINO4. The van der Waals surface area contributed by atoms with E-state index in [0.717, 1.165) is 13.6 Å². The predicted octanol–water partition coefficient (Wildman–Crippen LogP) is 7.03. The number of ether oxygens (including phenoxy) is 3. The molecule has 0 amide bonds. The minimum Gasteiger partial charge on any atom is -0.490 e. The number of cyclic esters (lactones) is 1. The molecule has 1 heterocycles. The van der Waals surface area contributed by atoms with Crippen molar-refractivity contribution in [1.82, 2.24) is 0 Å². The molecule has 0 atom stereocenters. The first-order chi connectivity index (χ1) is 15.9. The third-order valence-corrected chi connectivity index (χ3v) is 6.10. The van der Waals surface area contributed by atoms with Gasteiger partial charge in [0.25, 0.3) is 0 Å². The van der Waals surface area contributed by atoms with Gasteiger partial charge < -0.3 is 14.2 Å². The molecule has 0 saturated carbocycles. The quantitative estimate of drug-likeness (QED) is 0.159. The topological polar surface area (TPSA) is 57.1 Å². The maximum Gasteiger partial charge on any atom is 0.363 e. The van der Waals surface area contributed by atoms with Crippen molar-refractivity contribution in [3.8, 4) is 11.5 Å². The second-order valence-electron chi connectivity index (χ2n) is 7.02. The summed E-state index contributed by atoms with van der Waals surface area (Å²) >= 11 is 12.2. The predicted molar refractivity (Wildman–Crippen MR) is 141 cm³/mol. The third kappa shape index (κ3) is 5.96. The van der Waals surface area contributed by atoms with Crippen molar-refractivity contribution in [3.63, 3.8) is 0 Å². The zero-order chi connectivity index (χ0) is 23.4. The minimum absolute atomic E-state index is 0.180. The van der Waals surface area contributed by atoms with Crippen molar-refractivity contribution >= 4 is 68.1 Å². The summed E-state index contributed by atoms with van der Waals surface area (Å²) < 4.78 is 19.1. The van der Waals surface area contributed by atoms with Gasteiger partial charge in [0.15, 0.2) is 17.2 Å². The van der Waals surface area contributed by atoms with Gasteiger partial charge in [0.2, 0.25) is 5.90 Å². The fourth-order valence-corrected chi connectivity index (χ4v) is 4.29. The molecule has 8 heteroatoms. The van der Waals surface area contributed by atoms with E-state index in [4.69, 9.17) is 25.8 Å². The molecule has 33 heavy (non-hydrogen) atoms. The molecule has 1 aliphatic rings. The van der Waals surface area contributed by atoms with Crippen LogP contribution in [0.2, 0.25) is 5.02 Å². The average Bonchev–Trinajstić information content (AvgIpc) is 3.14. The van der Waals surface area contributed by atoms with E-state index in [-0.39, 0.29) is 11.6 Å². The number of rotatable bonds is 7. The van der Waals surface area contributed by atoms with Gasteiger partial charge in [0, 0.05) is 13.6 Å². The van der Waals surface area contributed by atoms with Crippen molar-refractivity contribution in [2.45, 2.75) is 13.5 Å². The smallest absolute Gasteiger partial charge is 0.363 e. The normalized spacial score (nSPS) is 14.2. The monoisotopic (exact) mass is 637 g/mol. The molecule has 1 aliphatic heterocycles. The summed E-state index contributed by atoms with van der Waals surface area (Å²) in [4.78, 5) is 16.7. The van der Waals surface area contributed by atoms with Crippen molar-refractivity contribution < 1.29 is 19.0 Å². The Hall–Kier alpha value is -2.36. The van der Waals surface area contributed by atoms with E-state index < -0.39 is 5.97 Å². The molecule has 3 aromatic carbocycles. The highest BCUT2D eigenvalue weighted by Crippen LogP contribution is 2.38. The molecular weight excluding hydrogens is 621 g/mol. The van der Waals surface area contributed by atoms with Gasteiger partial charge in [0.1, 0.15) is 6.61 Å². The molecule has 5 nitrogen and oxygen atoms in total. The van der Waals surface area contributed by atoms with Crippen LogP contribution < -0.4 is 9.47 Å². The first kappa shape index (κ1) is 23.8. The average molecular weight is 639 g/mol. The van der Waals surface area contributed by atoms with E-state index in [0.29, 0.717) is 40.9 Å². The fourth-order valence-electron chi connectivity index (χ4n) is 3.14. The van der Waals surface area contributed by atoms with Gasteiger partial charge in [-0.1, -0.05) is 39.7 Å². The first-order valence-corrected chi connectivity index (χ1v) is 12.3. The lowest BCUT2D eigenvalue weighted by Gasteiger charge is -2.15. The number of aliphatic imine (C=N–C) groups is 1. The van der Waals surface area contributed by atoms with Gasteiger partial charge >= 0.3 is 5.97 Å². The molecule has 0 bridgehead atoms. The second kappa shape index (κ2) is 10.7. The van der Waals surface area contributed by atoms with Gasteiger partial charge in [-0.3, -0.25) is 0 Å². The van der Waals surface area contributed by atoms with Crippen molar-refractivity contribution in [1.29, 1.82) is 0 Å².